The van der Waals surface area contributed by atoms with Crippen molar-refractivity contribution in [2.75, 3.05) is 6.54 Å². The minimum absolute atomic E-state index is 0.124. The van der Waals surface area contributed by atoms with E-state index >= 15 is 0 Å². The Morgan fingerprint density at radius 2 is 2.40 bits per heavy atom. The van der Waals surface area contributed by atoms with Gasteiger partial charge in [-0.25, -0.2) is 0 Å². The van der Waals surface area contributed by atoms with E-state index in [1.165, 1.54) is 12.0 Å². The van der Waals surface area contributed by atoms with Crippen molar-refractivity contribution in [1.82, 2.24) is 10.3 Å². The number of carbonyl (C=O) groups is 1. The zero-order valence-electron chi connectivity index (χ0n) is 8.55. The normalized spacial score (nSPS) is 35.1. The maximum absolute atomic E-state index is 11.9. The fourth-order valence-electron chi connectivity index (χ4n) is 3.29. The quantitative estimate of drug-likeness (QED) is 0.662. The average molecular weight is 200 g/mol. The molecular weight excluding hydrogens is 188 g/mol. The number of aromatic nitrogens is 1. The summed E-state index contributed by atoms with van der Waals surface area (Å²) in [5.74, 6) is 0.838. The predicted molar refractivity (Wildman–Crippen MR) is 55.7 cm³/mol. The van der Waals surface area contributed by atoms with E-state index in [0.717, 1.165) is 23.6 Å². The maximum Gasteiger partial charge on any atom is 0.204 e. The summed E-state index contributed by atoms with van der Waals surface area (Å²) in [6.45, 7) is 3.05. The minimum Gasteiger partial charge on any atom is -0.387 e. The Balaban J connectivity index is 2.03. The molecule has 4 rings (SSSR count). The maximum atomic E-state index is 11.9. The molecule has 3 aliphatic rings. The van der Waals surface area contributed by atoms with Gasteiger partial charge in [-0.1, -0.05) is 0 Å². The van der Waals surface area contributed by atoms with Crippen LogP contribution in [-0.4, -0.2) is 17.3 Å². The smallest absolute Gasteiger partial charge is 0.204 e. The lowest BCUT2D eigenvalue weighted by Gasteiger charge is -2.20. The van der Waals surface area contributed by atoms with Crippen molar-refractivity contribution in [3.63, 3.8) is 0 Å². The number of piperidine rings is 1. The number of aryl methyl sites for hydroxylation is 1. The van der Waals surface area contributed by atoms with E-state index in [-0.39, 0.29) is 11.2 Å². The van der Waals surface area contributed by atoms with Gasteiger partial charge < -0.3 is 10.3 Å². The van der Waals surface area contributed by atoms with E-state index in [2.05, 4.69) is 16.4 Å². The topological polar surface area (TPSA) is 44.9 Å². The Hall–Kier alpha value is -1.51. The van der Waals surface area contributed by atoms with Crippen molar-refractivity contribution < 1.29 is 4.79 Å². The summed E-state index contributed by atoms with van der Waals surface area (Å²) in [4.78, 5) is 15.0. The molecule has 0 aromatic carbocycles. The van der Waals surface area contributed by atoms with Gasteiger partial charge in [0.25, 0.3) is 0 Å². The van der Waals surface area contributed by atoms with Gasteiger partial charge in [0.05, 0.1) is 5.69 Å². The molecule has 1 aromatic heterocycles. The molecule has 2 heterocycles. The summed E-state index contributed by atoms with van der Waals surface area (Å²) < 4.78 is 0. The van der Waals surface area contributed by atoms with Crippen LogP contribution in [-0.2, 0) is 5.41 Å². The highest BCUT2D eigenvalue weighted by Crippen LogP contribution is 2.63. The van der Waals surface area contributed by atoms with Gasteiger partial charge in [0.15, 0.2) is 0 Å². The molecule has 1 saturated carbocycles. The third kappa shape index (κ3) is 0.694. The Labute approximate surface area is 87.6 Å². The van der Waals surface area contributed by atoms with Gasteiger partial charge in [0.2, 0.25) is 5.78 Å². The molecule has 1 aromatic rings. The first-order valence-electron chi connectivity index (χ1n) is 5.42. The molecule has 1 spiro atoms. The van der Waals surface area contributed by atoms with E-state index in [9.17, 15) is 4.79 Å². The van der Waals surface area contributed by atoms with Crippen molar-refractivity contribution in [1.29, 1.82) is 0 Å². The predicted octanol–water partition coefficient (Wildman–Crippen LogP) is 1.26. The largest absolute Gasteiger partial charge is 0.387 e. The average Bonchev–Trinajstić information content (AvgIpc) is 2.59. The van der Waals surface area contributed by atoms with Crippen molar-refractivity contribution in [3.8, 4) is 0 Å². The van der Waals surface area contributed by atoms with Crippen molar-refractivity contribution >= 4 is 5.78 Å². The molecule has 1 aliphatic heterocycles. The summed E-state index contributed by atoms with van der Waals surface area (Å²) in [6, 6.07) is 2.15. The number of rotatable bonds is 0. The lowest BCUT2D eigenvalue weighted by molar-refractivity contribution is 0.103. The van der Waals surface area contributed by atoms with Crippen LogP contribution in [0.15, 0.2) is 17.8 Å². The van der Waals surface area contributed by atoms with Crippen LogP contribution in [0.2, 0.25) is 0 Å². The number of H-pyrrole nitrogens is 1. The van der Waals surface area contributed by atoms with Gasteiger partial charge >= 0.3 is 0 Å². The van der Waals surface area contributed by atoms with Crippen LogP contribution in [0.1, 0.15) is 28.2 Å². The van der Waals surface area contributed by atoms with Crippen molar-refractivity contribution in [2.24, 2.45) is 5.92 Å². The van der Waals surface area contributed by atoms with Crippen LogP contribution in [0.3, 0.4) is 0 Å². The van der Waals surface area contributed by atoms with Crippen LogP contribution >= 0.6 is 0 Å². The first-order valence-corrected chi connectivity index (χ1v) is 5.42. The van der Waals surface area contributed by atoms with Gasteiger partial charge in [0.1, 0.15) is 0 Å². The van der Waals surface area contributed by atoms with E-state index in [1.54, 1.807) is 6.08 Å². The molecule has 3 nitrogen and oxygen atoms in total. The minimum atomic E-state index is 0.124. The molecule has 0 amide bonds. The van der Waals surface area contributed by atoms with Crippen LogP contribution in [0.25, 0.3) is 0 Å². The Bertz CT molecular complexity index is 526. The lowest BCUT2D eigenvalue weighted by atomic mass is 9.86. The molecule has 2 fully saturated rings. The van der Waals surface area contributed by atoms with E-state index < -0.39 is 0 Å². The second-order valence-corrected chi connectivity index (χ2v) is 4.92. The monoisotopic (exact) mass is 200 g/mol. The van der Waals surface area contributed by atoms with Gasteiger partial charge in [-0.15, -0.1) is 0 Å². The van der Waals surface area contributed by atoms with E-state index in [4.69, 9.17) is 0 Å². The lowest BCUT2D eigenvalue weighted by Crippen LogP contribution is -2.24. The molecule has 15 heavy (non-hydrogen) atoms. The summed E-state index contributed by atoms with van der Waals surface area (Å²) in [6.07, 6.45) is 2.99. The number of hydrogen-bond acceptors (Lipinski definition) is 2. The number of fused-ring (bicyclic) bond motifs is 1. The SMILES string of the molecule is Cc1cc2c([nH]1)C(=O)C=C1NCC3CC123. The number of carbonyl (C=O) groups excluding carboxylic acids is 1. The van der Waals surface area contributed by atoms with Crippen molar-refractivity contribution in [3.05, 3.63) is 34.8 Å². The number of ketones is 1. The molecule has 3 heteroatoms. The number of allylic oxidation sites excluding steroid dienone is 2. The molecule has 0 radical (unpaired) electrons. The zero-order valence-corrected chi connectivity index (χ0v) is 8.55. The van der Waals surface area contributed by atoms with Crippen LogP contribution in [0.4, 0.5) is 0 Å². The highest BCUT2D eigenvalue weighted by Gasteiger charge is 2.64. The van der Waals surface area contributed by atoms with Gasteiger partial charge in [-0.05, 0) is 30.9 Å². The number of hydrogen-bond donors (Lipinski definition) is 2. The van der Waals surface area contributed by atoms with Crippen LogP contribution < -0.4 is 5.32 Å². The molecule has 76 valence electrons. The third-order valence-electron chi connectivity index (χ3n) is 4.08. The molecule has 0 bridgehead atoms. The van der Waals surface area contributed by atoms with Gasteiger partial charge in [-0.2, -0.15) is 0 Å². The Kier molecular flexibility index (Phi) is 1.05. The Morgan fingerprint density at radius 1 is 1.53 bits per heavy atom. The Morgan fingerprint density at radius 3 is 3.20 bits per heavy atom. The summed E-state index contributed by atoms with van der Waals surface area (Å²) in [7, 11) is 0. The van der Waals surface area contributed by atoms with Gasteiger partial charge in [0, 0.05) is 29.4 Å². The van der Waals surface area contributed by atoms with Gasteiger partial charge in [-0.3, -0.25) is 4.79 Å². The summed E-state index contributed by atoms with van der Waals surface area (Å²) in [5, 5.41) is 3.36. The fraction of sp³-hybridized carbons (Fsp3) is 0.417. The van der Waals surface area contributed by atoms with E-state index in [1.807, 2.05) is 6.92 Å². The highest BCUT2D eigenvalue weighted by molar-refractivity contribution is 6.07. The molecule has 2 aliphatic carbocycles. The number of aromatic amines is 1. The molecule has 2 atom stereocenters. The van der Waals surface area contributed by atoms with Crippen LogP contribution in [0.5, 0.6) is 0 Å². The van der Waals surface area contributed by atoms with Crippen LogP contribution in [0, 0.1) is 12.8 Å². The molecule has 1 saturated heterocycles. The highest BCUT2D eigenvalue weighted by atomic mass is 16.1. The molecular formula is C12H12N2O. The summed E-state index contributed by atoms with van der Waals surface area (Å²) >= 11 is 0. The summed E-state index contributed by atoms with van der Waals surface area (Å²) in [5.41, 5.74) is 4.49. The first kappa shape index (κ1) is 7.74. The zero-order chi connectivity index (χ0) is 10.2. The van der Waals surface area contributed by atoms with E-state index in [0.29, 0.717) is 5.92 Å². The second kappa shape index (κ2) is 2.03. The molecule has 2 unspecified atom stereocenters. The second-order valence-electron chi connectivity index (χ2n) is 4.92. The fourth-order valence-corrected chi connectivity index (χ4v) is 3.29. The molecule has 2 N–H and O–H groups in total. The first-order chi connectivity index (χ1) is 7.22. The van der Waals surface area contributed by atoms with Crippen molar-refractivity contribution in [2.45, 2.75) is 18.8 Å². The number of nitrogens with one attached hydrogen (secondary N) is 2. The third-order valence-corrected chi connectivity index (χ3v) is 4.08. The standard InChI is InChI=1S/C12H12N2O/c1-6-2-8-11(14-6)9(15)3-10-12(8)4-7(12)5-13-10/h2-3,7,13-14H,4-5H2,1H3.